The van der Waals surface area contributed by atoms with E-state index in [1.165, 1.54) is 0 Å². The van der Waals surface area contributed by atoms with Gasteiger partial charge in [0.1, 0.15) is 6.04 Å². The Morgan fingerprint density at radius 3 is 3.11 bits per heavy atom. The fourth-order valence-electron chi connectivity index (χ4n) is 1.65. The van der Waals surface area contributed by atoms with E-state index in [4.69, 9.17) is 9.63 Å². The van der Waals surface area contributed by atoms with Crippen molar-refractivity contribution in [1.29, 1.82) is 0 Å². The Morgan fingerprint density at radius 1 is 1.63 bits per heavy atom. The van der Waals surface area contributed by atoms with Gasteiger partial charge in [-0.25, -0.2) is 0 Å². The smallest absolute Gasteiger partial charge is 0.320 e. The van der Waals surface area contributed by atoms with Gasteiger partial charge in [-0.1, -0.05) is 18.5 Å². The van der Waals surface area contributed by atoms with Crippen LogP contribution in [0.1, 0.15) is 25.7 Å². The van der Waals surface area contributed by atoms with E-state index >= 15 is 0 Å². The lowest BCUT2D eigenvalue weighted by atomic mass is 10.2. The summed E-state index contributed by atoms with van der Waals surface area (Å²) in [4.78, 5) is 15.2. The van der Waals surface area contributed by atoms with Crippen LogP contribution in [0.25, 0.3) is 11.4 Å². The van der Waals surface area contributed by atoms with Crippen molar-refractivity contribution in [3.05, 3.63) is 22.7 Å². The lowest BCUT2D eigenvalue weighted by molar-refractivity contribution is -0.139. The molecule has 0 saturated heterocycles. The molecule has 2 heterocycles. The minimum absolute atomic E-state index is 0.258. The first-order valence-corrected chi connectivity index (χ1v) is 6.96. The number of aromatic nitrogens is 2. The molecule has 1 unspecified atom stereocenters. The van der Waals surface area contributed by atoms with Gasteiger partial charge in [0, 0.05) is 10.9 Å². The van der Waals surface area contributed by atoms with Crippen molar-refractivity contribution in [3.8, 4) is 11.4 Å². The molecule has 1 atom stereocenters. The van der Waals surface area contributed by atoms with Crippen LogP contribution in [0.15, 0.2) is 21.3 Å². The van der Waals surface area contributed by atoms with Crippen LogP contribution in [0.4, 0.5) is 0 Å². The molecule has 6 nitrogen and oxygen atoms in total. The molecule has 0 aromatic carbocycles. The van der Waals surface area contributed by atoms with Gasteiger partial charge in [0.15, 0.2) is 0 Å². The fourth-order valence-corrected chi connectivity index (χ4v) is 2.28. The van der Waals surface area contributed by atoms with Gasteiger partial charge >= 0.3 is 5.97 Å². The maximum atomic E-state index is 11.0. The third-order valence-electron chi connectivity index (χ3n) is 2.62. The molecule has 0 spiro atoms. The Morgan fingerprint density at radius 2 is 2.47 bits per heavy atom. The summed E-state index contributed by atoms with van der Waals surface area (Å²) in [5, 5.41) is 19.6. The number of rotatable bonds is 7. The van der Waals surface area contributed by atoms with Crippen molar-refractivity contribution in [2.45, 2.75) is 32.4 Å². The molecule has 0 aliphatic rings. The second kappa shape index (κ2) is 6.44. The van der Waals surface area contributed by atoms with Crippen LogP contribution in [0.2, 0.25) is 0 Å². The Balaban J connectivity index is 1.95. The first-order chi connectivity index (χ1) is 9.20. The SMILES string of the molecule is CCCC(NCc1nc(-c2ccsc2)no1)C(=O)O. The van der Waals surface area contributed by atoms with Crippen molar-refractivity contribution in [2.24, 2.45) is 0 Å². The molecular formula is C12H15N3O3S. The van der Waals surface area contributed by atoms with E-state index < -0.39 is 12.0 Å². The number of thiophene rings is 1. The van der Waals surface area contributed by atoms with Crippen molar-refractivity contribution < 1.29 is 14.4 Å². The number of nitrogens with one attached hydrogen (secondary N) is 1. The Bertz CT molecular complexity index is 524. The van der Waals surface area contributed by atoms with E-state index in [-0.39, 0.29) is 6.54 Å². The van der Waals surface area contributed by atoms with Crippen LogP contribution in [0, 0.1) is 0 Å². The highest BCUT2D eigenvalue weighted by molar-refractivity contribution is 7.08. The highest BCUT2D eigenvalue weighted by Crippen LogP contribution is 2.18. The third kappa shape index (κ3) is 3.62. The largest absolute Gasteiger partial charge is 0.480 e. The summed E-state index contributed by atoms with van der Waals surface area (Å²) in [6.07, 6.45) is 1.37. The number of carbonyl (C=O) groups is 1. The van der Waals surface area contributed by atoms with E-state index in [0.29, 0.717) is 18.1 Å². The topological polar surface area (TPSA) is 88.3 Å². The summed E-state index contributed by atoms with van der Waals surface area (Å²) in [5.41, 5.74) is 0.906. The molecule has 0 bridgehead atoms. The van der Waals surface area contributed by atoms with Gasteiger partial charge in [0.2, 0.25) is 11.7 Å². The third-order valence-corrected chi connectivity index (χ3v) is 3.31. The molecule has 2 aromatic rings. The zero-order valence-electron chi connectivity index (χ0n) is 10.5. The normalized spacial score (nSPS) is 12.5. The van der Waals surface area contributed by atoms with Crippen molar-refractivity contribution in [3.63, 3.8) is 0 Å². The van der Waals surface area contributed by atoms with Crippen LogP contribution in [0.5, 0.6) is 0 Å². The molecule has 0 aliphatic heterocycles. The minimum Gasteiger partial charge on any atom is -0.480 e. The van der Waals surface area contributed by atoms with E-state index in [1.54, 1.807) is 11.3 Å². The van der Waals surface area contributed by atoms with Gasteiger partial charge in [-0.3, -0.25) is 10.1 Å². The molecule has 102 valence electrons. The zero-order valence-corrected chi connectivity index (χ0v) is 11.3. The number of aliphatic carboxylic acids is 1. The van der Waals surface area contributed by atoms with Crippen LogP contribution in [-0.2, 0) is 11.3 Å². The molecule has 0 radical (unpaired) electrons. The number of carboxylic acid groups (broad SMARTS) is 1. The molecule has 0 saturated carbocycles. The molecule has 0 fully saturated rings. The van der Waals surface area contributed by atoms with Crippen LogP contribution in [-0.4, -0.2) is 27.3 Å². The molecule has 0 aliphatic carbocycles. The monoisotopic (exact) mass is 281 g/mol. The molecule has 0 amide bonds. The highest BCUT2D eigenvalue weighted by Gasteiger charge is 2.17. The molecule has 19 heavy (non-hydrogen) atoms. The Hall–Kier alpha value is -1.73. The summed E-state index contributed by atoms with van der Waals surface area (Å²) in [6, 6.07) is 1.32. The van der Waals surface area contributed by atoms with Crippen molar-refractivity contribution in [2.75, 3.05) is 0 Å². The number of hydrogen-bond acceptors (Lipinski definition) is 6. The van der Waals surface area contributed by atoms with Gasteiger partial charge < -0.3 is 9.63 Å². The lowest BCUT2D eigenvalue weighted by Gasteiger charge is -2.10. The number of hydrogen-bond donors (Lipinski definition) is 2. The van der Waals surface area contributed by atoms with Crippen LogP contribution < -0.4 is 5.32 Å². The summed E-state index contributed by atoms with van der Waals surface area (Å²) < 4.78 is 5.08. The van der Waals surface area contributed by atoms with Crippen molar-refractivity contribution >= 4 is 17.3 Å². The van der Waals surface area contributed by atoms with Gasteiger partial charge in [-0.2, -0.15) is 16.3 Å². The van der Waals surface area contributed by atoms with E-state index in [9.17, 15) is 4.79 Å². The standard InChI is InChI=1S/C12H15N3O3S/c1-2-3-9(12(16)17)13-6-10-14-11(15-18-10)8-4-5-19-7-8/h4-5,7,9,13H,2-3,6H2,1H3,(H,16,17). The maximum absolute atomic E-state index is 11.0. The highest BCUT2D eigenvalue weighted by atomic mass is 32.1. The molecule has 2 N–H and O–H groups in total. The Labute approximate surface area is 114 Å². The summed E-state index contributed by atoms with van der Waals surface area (Å²) >= 11 is 1.56. The predicted octanol–water partition coefficient (Wildman–Crippen LogP) is 2.14. The number of nitrogens with zero attached hydrogens (tertiary/aromatic N) is 2. The van der Waals surface area contributed by atoms with Gasteiger partial charge in [-0.15, -0.1) is 0 Å². The zero-order chi connectivity index (χ0) is 13.7. The van der Waals surface area contributed by atoms with Crippen LogP contribution in [0.3, 0.4) is 0 Å². The van der Waals surface area contributed by atoms with Gasteiger partial charge in [0.05, 0.1) is 6.54 Å². The Kier molecular flexibility index (Phi) is 4.64. The molecular weight excluding hydrogens is 266 g/mol. The fraction of sp³-hybridized carbons (Fsp3) is 0.417. The first kappa shape index (κ1) is 13.7. The van der Waals surface area contributed by atoms with Crippen LogP contribution >= 0.6 is 11.3 Å². The summed E-state index contributed by atoms with van der Waals surface area (Å²) in [7, 11) is 0. The summed E-state index contributed by atoms with van der Waals surface area (Å²) in [6.45, 7) is 2.20. The second-order valence-electron chi connectivity index (χ2n) is 4.08. The van der Waals surface area contributed by atoms with Gasteiger partial charge in [0.25, 0.3) is 0 Å². The average Bonchev–Trinajstić information content (AvgIpc) is 3.04. The quantitative estimate of drug-likeness (QED) is 0.808. The molecule has 2 aromatic heterocycles. The molecule has 7 heteroatoms. The van der Waals surface area contributed by atoms with Crippen molar-refractivity contribution in [1.82, 2.24) is 15.5 Å². The average molecular weight is 281 g/mol. The van der Waals surface area contributed by atoms with E-state index in [0.717, 1.165) is 12.0 Å². The first-order valence-electron chi connectivity index (χ1n) is 6.02. The second-order valence-corrected chi connectivity index (χ2v) is 4.86. The summed E-state index contributed by atoms with van der Waals surface area (Å²) in [5.74, 6) is 0.0587. The predicted molar refractivity (Wildman–Crippen MR) is 70.8 cm³/mol. The molecule has 2 rings (SSSR count). The van der Waals surface area contributed by atoms with Gasteiger partial charge in [-0.05, 0) is 17.9 Å². The minimum atomic E-state index is -0.862. The maximum Gasteiger partial charge on any atom is 0.320 e. The van der Waals surface area contributed by atoms with E-state index in [1.807, 2.05) is 23.8 Å². The number of carboxylic acids is 1. The lowest BCUT2D eigenvalue weighted by Crippen LogP contribution is -2.36. The van der Waals surface area contributed by atoms with E-state index in [2.05, 4.69) is 15.5 Å².